The van der Waals surface area contributed by atoms with Gasteiger partial charge in [-0.1, -0.05) is 25.5 Å². The first-order valence-corrected chi connectivity index (χ1v) is 9.93. The smallest absolute Gasteiger partial charge is 0.227 e. The summed E-state index contributed by atoms with van der Waals surface area (Å²) >= 11 is 0. The molecule has 4 rings (SSSR count). The van der Waals surface area contributed by atoms with Crippen LogP contribution in [0.1, 0.15) is 49.9 Å². The van der Waals surface area contributed by atoms with E-state index >= 15 is 0 Å². The fourth-order valence-corrected chi connectivity index (χ4v) is 4.67. The average Bonchev–Trinajstić information content (AvgIpc) is 3.26. The first-order chi connectivity index (χ1) is 13.1. The van der Waals surface area contributed by atoms with Crippen LogP contribution in [0.15, 0.2) is 30.6 Å². The lowest BCUT2D eigenvalue weighted by molar-refractivity contribution is -0.130. The Morgan fingerprint density at radius 2 is 2.22 bits per heavy atom. The van der Waals surface area contributed by atoms with Crippen molar-refractivity contribution in [1.82, 2.24) is 19.7 Å². The number of hydrogen-bond acceptors (Lipinski definition) is 4. The standard InChI is InChI=1S/C21H28N4O2/c1-3-10-24-15-22-23-20(24)18-13-25(14-21(18)8-5-9-21)19(26)12-16-6-4-7-17(11-16)27-2/h4,6-7,11,15,18H,3,5,8-10,12-14H2,1-2H3. The van der Waals surface area contributed by atoms with Gasteiger partial charge in [-0.2, -0.15) is 0 Å². The zero-order valence-corrected chi connectivity index (χ0v) is 16.2. The summed E-state index contributed by atoms with van der Waals surface area (Å²) in [4.78, 5) is 15.1. The minimum absolute atomic E-state index is 0.193. The molecule has 1 saturated heterocycles. The Bertz CT molecular complexity index is 812. The fraction of sp³-hybridized carbons (Fsp3) is 0.571. The molecular weight excluding hydrogens is 340 g/mol. The number of benzene rings is 1. The van der Waals surface area contributed by atoms with Crippen molar-refractivity contribution < 1.29 is 9.53 Å². The van der Waals surface area contributed by atoms with Crippen LogP contribution in [-0.2, 0) is 17.8 Å². The summed E-state index contributed by atoms with van der Waals surface area (Å²) in [7, 11) is 1.65. The van der Waals surface area contributed by atoms with Gasteiger partial charge in [0.1, 0.15) is 17.9 Å². The Hall–Kier alpha value is -2.37. The normalized spacial score (nSPS) is 20.7. The number of methoxy groups -OCH3 is 1. The molecule has 6 heteroatoms. The van der Waals surface area contributed by atoms with Gasteiger partial charge >= 0.3 is 0 Å². The van der Waals surface area contributed by atoms with E-state index in [2.05, 4.69) is 21.7 Å². The van der Waals surface area contributed by atoms with E-state index in [1.807, 2.05) is 35.5 Å². The summed E-state index contributed by atoms with van der Waals surface area (Å²) in [5, 5.41) is 8.61. The van der Waals surface area contributed by atoms with Crippen LogP contribution in [0.25, 0.3) is 0 Å². The van der Waals surface area contributed by atoms with Crippen molar-refractivity contribution in [3.8, 4) is 5.75 Å². The second-order valence-electron chi connectivity index (χ2n) is 7.95. The molecule has 1 aromatic carbocycles. The van der Waals surface area contributed by atoms with E-state index in [4.69, 9.17) is 4.74 Å². The number of aromatic nitrogens is 3. The van der Waals surface area contributed by atoms with Gasteiger partial charge in [0.25, 0.3) is 0 Å². The molecule has 6 nitrogen and oxygen atoms in total. The first-order valence-electron chi connectivity index (χ1n) is 9.93. The van der Waals surface area contributed by atoms with Gasteiger partial charge in [-0.3, -0.25) is 4.79 Å². The molecule has 1 spiro atoms. The van der Waals surface area contributed by atoms with Crippen LogP contribution in [-0.4, -0.2) is 45.8 Å². The van der Waals surface area contributed by atoms with Crippen LogP contribution in [0.4, 0.5) is 0 Å². The monoisotopic (exact) mass is 368 g/mol. The van der Waals surface area contributed by atoms with Gasteiger partial charge in [-0.05, 0) is 42.4 Å². The lowest BCUT2D eigenvalue weighted by atomic mass is 9.62. The molecule has 0 bridgehead atoms. The quantitative estimate of drug-likeness (QED) is 0.786. The fourth-order valence-electron chi connectivity index (χ4n) is 4.67. The summed E-state index contributed by atoms with van der Waals surface area (Å²) in [5.41, 5.74) is 1.20. The Labute approximate surface area is 160 Å². The number of carbonyl (C=O) groups is 1. The highest BCUT2D eigenvalue weighted by atomic mass is 16.5. The van der Waals surface area contributed by atoms with Crippen LogP contribution in [0, 0.1) is 5.41 Å². The van der Waals surface area contributed by atoms with Gasteiger partial charge < -0.3 is 14.2 Å². The molecular formula is C21H28N4O2. The minimum atomic E-state index is 0.193. The predicted octanol–water partition coefficient (Wildman–Crippen LogP) is 3.04. The summed E-state index contributed by atoms with van der Waals surface area (Å²) in [6, 6.07) is 7.78. The Morgan fingerprint density at radius 1 is 1.37 bits per heavy atom. The largest absolute Gasteiger partial charge is 0.497 e. The minimum Gasteiger partial charge on any atom is -0.497 e. The zero-order chi connectivity index (χ0) is 18.9. The van der Waals surface area contributed by atoms with Crippen molar-refractivity contribution in [1.29, 1.82) is 0 Å². The van der Waals surface area contributed by atoms with E-state index < -0.39 is 0 Å². The molecule has 1 amide bonds. The van der Waals surface area contributed by atoms with Gasteiger partial charge in [0.15, 0.2) is 0 Å². The van der Waals surface area contributed by atoms with Crippen LogP contribution >= 0.6 is 0 Å². The van der Waals surface area contributed by atoms with Gasteiger partial charge in [-0.25, -0.2) is 0 Å². The van der Waals surface area contributed by atoms with E-state index in [1.54, 1.807) is 7.11 Å². The highest BCUT2D eigenvalue weighted by Crippen LogP contribution is 2.55. The average molecular weight is 368 g/mol. The second-order valence-corrected chi connectivity index (χ2v) is 7.95. The molecule has 1 aliphatic heterocycles. The molecule has 2 heterocycles. The molecule has 2 aromatic rings. The molecule has 0 radical (unpaired) electrons. The number of carbonyl (C=O) groups excluding carboxylic acids is 1. The maximum Gasteiger partial charge on any atom is 0.227 e. The van der Waals surface area contributed by atoms with E-state index in [0.29, 0.717) is 12.3 Å². The van der Waals surface area contributed by atoms with Gasteiger partial charge in [-0.15, -0.1) is 10.2 Å². The molecule has 1 aromatic heterocycles. The van der Waals surface area contributed by atoms with Crippen molar-refractivity contribution in [2.24, 2.45) is 5.41 Å². The number of hydrogen-bond donors (Lipinski definition) is 0. The molecule has 2 aliphatic rings. The summed E-state index contributed by atoms with van der Waals surface area (Å²) in [6.07, 6.45) is 6.92. The lowest BCUT2D eigenvalue weighted by Crippen LogP contribution is -2.38. The molecule has 0 N–H and O–H groups in total. The number of nitrogens with zero attached hydrogens (tertiary/aromatic N) is 4. The Balaban J connectivity index is 1.51. The molecule has 1 atom stereocenters. The number of likely N-dealkylation sites (tertiary alicyclic amines) is 1. The molecule has 1 unspecified atom stereocenters. The third-order valence-corrected chi connectivity index (χ3v) is 6.26. The van der Waals surface area contributed by atoms with Crippen LogP contribution in [0.5, 0.6) is 5.75 Å². The maximum atomic E-state index is 13.0. The third kappa shape index (κ3) is 3.33. The molecule has 144 valence electrons. The number of rotatable bonds is 6. The Morgan fingerprint density at radius 3 is 2.93 bits per heavy atom. The first kappa shape index (κ1) is 18.0. The number of amides is 1. The van der Waals surface area contributed by atoms with Crippen molar-refractivity contribution in [2.75, 3.05) is 20.2 Å². The van der Waals surface area contributed by atoms with E-state index in [1.165, 1.54) is 19.3 Å². The van der Waals surface area contributed by atoms with Gasteiger partial charge in [0.05, 0.1) is 13.5 Å². The topological polar surface area (TPSA) is 60.2 Å². The molecule has 27 heavy (non-hydrogen) atoms. The van der Waals surface area contributed by atoms with Gasteiger partial charge in [0.2, 0.25) is 5.91 Å². The van der Waals surface area contributed by atoms with Crippen molar-refractivity contribution in [2.45, 2.75) is 51.5 Å². The summed E-state index contributed by atoms with van der Waals surface area (Å²) in [6.45, 7) is 4.71. The predicted molar refractivity (Wildman–Crippen MR) is 103 cm³/mol. The lowest BCUT2D eigenvalue weighted by Gasteiger charge is -2.42. The van der Waals surface area contributed by atoms with Crippen LogP contribution < -0.4 is 4.74 Å². The second kappa shape index (κ2) is 7.33. The summed E-state index contributed by atoms with van der Waals surface area (Å²) < 4.78 is 7.46. The van der Waals surface area contributed by atoms with Crippen molar-refractivity contribution in [3.63, 3.8) is 0 Å². The van der Waals surface area contributed by atoms with Crippen molar-refractivity contribution >= 4 is 5.91 Å². The highest BCUT2D eigenvalue weighted by Gasteiger charge is 2.53. The Kier molecular flexibility index (Phi) is 4.89. The summed E-state index contributed by atoms with van der Waals surface area (Å²) in [5.74, 6) is 2.35. The maximum absolute atomic E-state index is 13.0. The van der Waals surface area contributed by atoms with Crippen molar-refractivity contribution in [3.05, 3.63) is 42.0 Å². The highest BCUT2D eigenvalue weighted by molar-refractivity contribution is 5.79. The number of aryl methyl sites for hydroxylation is 1. The van der Waals surface area contributed by atoms with E-state index in [0.717, 1.165) is 43.2 Å². The van der Waals surface area contributed by atoms with E-state index in [-0.39, 0.29) is 11.3 Å². The third-order valence-electron chi connectivity index (χ3n) is 6.26. The SMILES string of the molecule is CCCn1cnnc1C1CN(C(=O)Cc2cccc(OC)c2)CC12CCC2. The van der Waals surface area contributed by atoms with E-state index in [9.17, 15) is 4.79 Å². The zero-order valence-electron chi connectivity index (χ0n) is 16.2. The van der Waals surface area contributed by atoms with Gasteiger partial charge in [0, 0.05) is 25.6 Å². The molecule has 1 aliphatic carbocycles. The van der Waals surface area contributed by atoms with Crippen LogP contribution in [0.3, 0.4) is 0 Å². The molecule has 1 saturated carbocycles. The number of ether oxygens (including phenoxy) is 1. The molecule has 2 fully saturated rings. The van der Waals surface area contributed by atoms with Crippen LogP contribution in [0.2, 0.25) is 0 Å².